The molecule has 3 rings (SSSR count). The molecule has 3 nitrogen and oxygen atoms in total. The fourth-order valence-corrected chi connectivity index (χ4v) is 3.14. The van der Waals surface area contributed by atoms with E-state index in [1.807, 2.05) is 0 Å². The molecular weight excluding hydrogens is 262 g/mol. The molecule has 0 radical (unpaired) electrons. The van der Waals surface area contributed by atoms with E-state index in [1.54, 1.807) is 24.3 Å². The fraction of sp³-hybridized carbons (Fsp3) is 0.400. The van der Waals surface area contributed by atoms with Crippen LogP contribution in [0, 0.1) is 5.41 Å². The summed E-state index contributed by atoms with van der Waals surface area (Å²) >= 11 is 5.94. The Hall–Kier alpha value is -1.32. The van der Waals surface area contributed by atoms with Gasteiger partial charge in [-0.3, -0.25) is 4.79 Å². The first-order chi connectivity index (χ1) is 9.14. The topological polar surface area (TPSA) is 56.2 Å². The number of carbonyl (C=O) groups is 1. The van der Waals surface area contributed by atoms with E-state index >= 15 is 0 Å². The van der Waals surface area contributed by atoms with Crippen LogP contribution in [0.1, 0.15) is 36.2 Å². The summed E-state index contributed by atoms with van der Waals surface area (Å²) in [5, 5.41) is 1.50. The number of rotatable bonds is 3. The highest BCUT2D eigenvalue weighted by atomic mass is 35.5. The van der Waals surface area contributed by atoms with Gasteiger partial charge in [-0.15, -0.1) is 0 Å². The summed E-state index contributed by atoms with van der Waals surface area (Å²) in [6.45, 7) is 0.392. The molecule has 0 amide bonds. The van der Waals surface area contributed by atoms with Crippen LogP contribution in [-0.4, -0.2) is 12.3 Å². The standard InChI is InChI=1S/C15H16ClNO2/c16-11-3-4-12-10(7-11)8-13(19-12)14(18)15(9-17)5-1-2-6-15/h3-4,7-8H,1-2,5-6,9,17H2. The summed E-state index contributed by atoms with van der Waals surface area (Å²) in [5.74, 6) is 0.449. The van der Waals surface area contributed by atoms with Crippen molar-refractivity contribution in [1.82, 2.24) is 0 Å². The van der Waals surface area contributed by atoms with Gasteiger partial charge in [0.25, 0.3) is 0 Å². The van der Waals surface area contributed by atoms with Gasteiger partial charge in [0.05, 0.1) is 0 Å². The normalized spacial score (nSPS) is 18.0. The van der Waals surface area contributed by atoms with E-state index in [0.717, 1.165) is 31.1 Å². The van der Waals surface area contributed by atoms with E-state index in [4.69, 9.17) is 21.8 Å². The molecule has 1 heterocycles. The van der Waals surface area contributed by atoms with Crippen LogP contribution in [0.2, 0.25) is 5.02 Å². The summed E-state index contributed by atoms with van der Waals surface area (Å²) in [4.78, 5) is 12.6. The smallest absolute Gasteiger partial charge is 0.205 e. The second kappa shape index (κ2) is 4.66. The van der Waals surface area contributed by atoms with E-state index in [1.165, 1.54) is 0 Å². The van der Waals surface area contributed by atoms with Crippen molar-refractivity contribution in [2.75, 3.05) is 6.54 Å². The highest BCUT2D eigenvalue weighted by molar-refractivity contribution is 6.31. The lowest BCUT2D eigenvalue weighted by molar-refractivity contribution is 0.0781. The van der Waals surface area contributed by atoms with Gasteiger partial charge in [0.15, 0.2) is 5.76 Å². The van der Waals surface area contributed by atoms with Crippen molar-refractivity contribution >= 4 is 28.4 Å². The maximum atomic E-state index is 12.6. The Kier molecular flexibility index (Phi) is 3.11. The maximum Gasteiger partial charge on any atom is 0.205 e. The lowest BCUT2D eigenvalue weighted by Gasteiger charge is -2.23. The molecular formula is C15H16ClNO2. The molecule has 0 bridgehead atoms. The van der Waals surface area contributed by atoms with Crippen molar-refractivity contribution in [2.45, 2.75) is 25.7 Å². The lowest BCUT2D eigenvalue weighted by Crippen LogP contribution is -2.35. The first kappa shape index (κ1) is 12.7. The number of halogens is 1. The number of benzene rings is 1. The zero-order valence-corrected chi connectivity index (χ0v) is 11.4. The Labute approximate surface area is 116 Å². The lowest BCUT2D eigenvalue weighted by atomic mass is 9.80. The van der Waals surface area contributed by atoms with Crippen molar-refractivity contribution in [2.24, 2.45) is 11.1 Å². The number of Topliss-reactive ketones (excluding diaryl/α,β-unsaturated/α-hetero) is 1. The van der Waals surface area contributed by atoms with Gasteiger partial charge in [0.1, 0.15) is 5.58 Å². The van der Waals surface area contributed by atoms with Crippen LogP contribution in [0.25, 0.3) is 11.0 Å². The van der Waals surface area contributed by atoms with E-state index in [-0.39, 0.29) is 5.78 Å². The van der Waals surface area contributed by atoms with Crippen LogP contribution >= 0.6 is 11.6 Å². The van der Waals surface area contributed by atoms with E-state index in [0.29, 0.717) is 22.9 Å². The summed E-state index contributed by atoms with van der Waals surface area (Å²) in [7, 11) is 0. The molecule has 4 heteroatoms. The Balaban J connectivity index is 2.01. The summed E-state index contributed by atoms with van der Waals surface area (Å²) in [5.41, 5.74) is 6.12. The van der Waals surface area contributed by atoms with Gasteiger partial charge < -0.3 is 10.2 Å². The molecule has 0 aliphatic heterocycles. The Morgan fingerprint density at radius 3 is 2.74 bits per heavy atom. The van der Waals surface area contributed by atoms with Gasteiger partial charge in [-0.05, 0) is 37.1 Å². The van der Waals surface area contributed by atoms with Crippen LogP contribution in [0.15, 0.2) is 28.7 Å². The van der Waals surface area contributed by atoms with Crippen molar-refractivity contribution in [3.63, 3.8) is 0 Å². The quantitative estimate of drug-likeness (QED) is 0.869. The van der Waals surface area contributed by atoms with E-state index in [2.05, 4.69) is 0 Å². The van der Waals surface area contributed by atoms with Crippen molar-refractivity contribution in [3.8, 4) is 0 Å². The second-order valence-electron chi connectivity index (χ2n) is 5.31. The number of fused-ring (bicyclic) bond motifs is 1. The number of nitrogens with two attached hydrogens (primary N) is 1. The zero-order valence-electron chi connectivity index (χ0n) is 10.6. The minimum absolute atomic E-state index is 0.0415. The molecule has 1 aliphatic carbocycles. The van der Waals surface area contributed by atoms with Crippen molar-refractivity contribution < 1.29 is 9.21 Å². The number of carbonyl (C=O) groups excluding carboxylic acids is 1. The molecule has 0 saturated heterocycles. The van der Waals surface area contributed by atoms with Gasteiger partial charge >= 0.3 is 0 Å². The Morgan fingerprint density at radius 2 is 2.05 bits per heavy atom. The van der Waals surface area contributed by atoms with E-state index in [9.17, 15) is 4.79 Å². The molecule has 100 valence electrons. The Bertz CT molecular complexity index is 626. The maximum absolute atomic E-state index is 12.6. The molecule has 0 atom stereocenters. The Morgan fingerprint density at radius 1 is 1.32 bits per heavy atom. The second-order valence-corrected chi connectivity index (χ2v) is 5.75. The molecule has 19 heavy (non-hydrogen) atoms. The molecule has 1 aromatic heterocycles. The predicted octanol–water partition coefficient (Wildman–Crippen LogP) is 3.79. The molecule has 1 fully saturated rings. The number of hydrogen-bond acceptors (Lipinski definition) is 3. The van der Waals surface area contributed by atoms with Crippen LogP contribution in [0.4, 0.5) is 0 Å². The highest BCUT2D eigenvalue weighted by Gasteiger charge is 2.41. The predicted molar refractivity (Wildman–Crippen MR) is 75.5 cm³/mol. The molecule has 2 aromatic rings. The summed E-state index contributed by atoms with van der Waals surface area (Å²) in [6.07, 6.45) is 3.85. The minimum Gasteiger partial charge on any atom is -0.453 e. The van der Waals surface area contributed by atoms with Crippen LogP contribution in [0.3, 0.4) is 0 Å². The largest absolute Gasteiger partial charge is 0.453 e. The van der Waals surface area contributed by atoms with Gasteiger partial charge in [0.2, 0.25) is 5.78 Å². The van der Waals surface area contributed by atoms with Gasteiger partial charge in [0, 0.05) is 22.4 Å². The van der Waals surface area contributed by atoms with Gasteiger partial charge in [-0.25, -0.2) is 0 Å². The molecule has 2 N–H and O–H groups in total. The average Bonchev–Trinajstić information content (AvgIpc) is 3.04. The van der Waals surface area contributed by atoms with Crippen molar-refractivity contribution in [3.05, 3.63) is 35.0 Å². The van der Waals surface area contributed by atoms with Crippen LogP contribution < -0.4 is 5.73 Å². The van der Waals surface area contributed by atoms with Crippen molar-refractivity contribution in [1.29, 1.82) is 0 Å². The molecule has 0 unspecified atom stereocenters. The van der Waals surface area contributed by atoms with E-state index < -0.39 is 5.41 Å². The number of hydrogen-bond donors (Lipinski definition) is 1. The third-order valence-electron chi connectivity index (χ3n) is 4.14. The highest BCUT2D eigenvalue weighted by Crippen LogP contribution is 2.40. The first-order valence-corrected chi connectivity index (χ1v) is 6.96. The summed E-state index contributed by atoms with van der Waals surface area (Å²) < 4.78 is 5.66. The van der Waals surface area contributed by atoms with Gasteiger partial charge in [-0.2, -0.15) is 0 Å². The van der Waals surface area contributed by atoms with Crippen LogP contribution in [-0.2, 0) is 0 Å². The summed E-state index contributed by atoms with van der Waals surface area (Å²) in [6, 6.07) is 7.13. The van der Waals surface area contributed by atoms with Gasteiger partial charge in [-0.1, -0.05) is 24.4 Å². The average molecular weight is 278 g/mol. The third kappa shape index (κ3) is 2.07. The molecule has 0 spiro atoms. The SMILES string of the molecule is NCC1(C(=O)c2cc3cc(Cl)ccc3o2)CCCC1. The fourth-order valence-electron chi connectivity index (χ4n) is 2.96. The number of ketones is 1. The zero-order chi connectivity index (χ0) is 13.5. The third-order valence-corrected chi connectivity index (χ3v) is 4.37. The molecule has 1 aliphatic rings. The molecule has 1 aromatic carbocycles. The minimum atomic E-state index is -0.419. The first-order valence-electron chi connectivity index (χ1n) is 6.59. The molecule has 1 saturated carbocycles. The monoisotopic (exact) mass is 277 g/mol. The van der Waals surface area contributed by atoms with Crippen LogP contribution in [0.5, 0.6) is 0 Å². The number of furan rings is 1.